The van der Waals surface area contributed by atoms with Gasteiger partial charge in [0.25, 0.3) is 0 Å². The van der Waals surface area contributed by atoms with E-state index in [4.69, 9.17) is 14.6 Å². The highest BCUT2D eigenvalue weighted by Crippen LogP contribution is 2.33. The Morgan fingerprint density at radius 3 is 2.84 bits per heavy atom. The monoisotopic (exact) mass is 259 g/mol. The first kappa shape index (κ1) is 11.7. The number of benzene rings is 1. The Kier molecular flexibility index (Phi) is 3.16. The first-order valence-corrected chi connectivity index (χ1v) is 5.94. The van der Waals surface area contributed by atoms with E-state index in [1.54, 1.807) is 12.3 Å². The van der Waals surface area contributed by atoms with Gasteiger partial charge in [-0.05, 0) is 18.2 Å². The summed E-state index contributed by atoms with van der Waals surface area (Å²) in [6.07, 6.45) is 1.60. The van der Waals surface area contributed by atoms with Gasteiger partial charge in [0.1, 0.15) is 25.6 Å². The third-order valence-corrected chi connectivity index (χ3v) is 2.66. The zero-order valence-electron chi connectivity index (χ0n) is 10.2. The fourth-order valence-corrected chi connectivity index (χ4v) is 1.81. The van der Waals surface area contributed by atoms with Crippen molar-refractivity contribution in [3.8, 4) is 11.5 Å². The number of ether oxygens (including phenoxy) is 2. The van der Waals surface area contributed by atoms with Gasteiger partial charge >= 0.3 is 0 Å². The number of nitrogens with one attached hydrogen (secondary N) is 1. The molecule has 1 aliphatic rings. The molecule has 2 aromatic rings. The number of fused-ring (bicyclic) bond motifs is 1. The van der Waals surface area contributed by atoms with Gasteiger partial charge in [-0.2, -0.15) is 0 Å². The summed E-state index contributed by atoms with van der Waals surface area (Å²) in [7, 11) is 0. The molecule has 6 nitrogen and oxygen atoms in total. The number of hydrogen-bond donors (Lipinski definition) is 2. The summed E-state index contributed by atoms with van der Waals surface area (Å²) in [5.74, 6) is 2.46. The summed E-state index contributed by atoms with van der Waals surface area (Å²) in [5, 5.41) is 12.1. The molecule has 3 rings (SSSR count). The summed E-state index contributed by atoms with van der Waals surface area (Å²) < 4.78 is 11.0. The van der Waals surface area contributed by atoms with Gasteiger partial charge in [-0.3, -0.25) is 0 Å². The number of hydrogen-bond acceptors (Lipinski definition) is 6. The van der Waals surface area contributed by atoms with Crippen LogP contribution in [0.4, 0.5) is 11.5 Å². The van der Waals surface area contributed by atoms with Crippen molar-refractivity contribution in [2.45, 2.75) is 6.61 Å². The molecule has 2 N–H and O–H groups in total. The zero-order chi connectivity index (χ0) is 13.1. The maximum atomic E-state index is 9.00. The molecule has 6 heteroatoms. The van der Waals surface area contributed by atoms with Crippen LogP contribution >= 0.6 is 0 Å². The SMILES string of the molecule is OCc1nccc(Nc2ccc3c(c2)OCCO3)n1. The Labute approximate surface area is 110 Å². The predicted octanol–water partition coefficient (Wildman–Crippen LogP) is 1.48. The van der Waals surface area contributed by atoms with E-state index in [9.17, 15) is 0 Å². The van der Waals surface area contributed by atoms with Gasteiger partial charge < -0.3 is 19.9 Å². The van der Waals surface area contributed by atoms with Crippen LogP contribution in [-0.4, -0.2) is 28.3 Å². The minimum absolute atomic E-state index is 0.184. The molecule has 0 amide bonds. The number of aliphatic hydroxyl groups excluding tert-OH is 1. The van der Waals surface area contributed by atoms with Crippen LogP contribution in [0.2, 0.25) is 0 Å². The van der Waals surface area contributed by atoms with E-state index in [1.807, 2.05) is 18.2 Å². The van der Waals surface area contributed by atoms with E-state index in [0.29, 0.717) is 30.6 Å². The topological polar surface area (TPSA) is 76.5 Å². The van der Waals surface area contributed by atoms with Crippen LogP contribution in [0, 0.1) is 0 Å². The number of aliphatic hydroxyl groups is 1. The summed E-state index contributed by atoms with van der Waals surface area (Å²) >= 11 is 0. The minimum Gasteiger partial charge on any atom is -0.486 e. The first-order chi connectivity index (χ1) is 9.35. The highest BCUT2D eigenvalue weighted by Gasteiger charge is 2.11. The van der Waals surface area contributed by atoms with Gasteiger partial charge in [-0.15, -0.1) is 0 Å². The lowest BCUT2D eigenvalue weighted by Crippen LogP contribution is -2.15. The van der Waals surface area contributed by atoms with Gasteiger partial charge in [0.15, 0.2) is 17.3 Å². The van der Waals surface area contributed by atoms with Crippen LogP contribution in [0.5, 0.6) is 11.5 Å². The predicted molar refractivity (Wildman–Crippen MR) is 68.7 cm³/mol. The third kappa shape index (κ3) is 2.58. The number of nitrogens with zero attached hydrogens (tertiary/aromatic N) is 2. The molecule has 0 atom stereocenters. The van der Waals surface area contributed by atoms with Crippen molar-refractivity contribution in [3.63, 3.8) is 0 Å². The van der Waals surface area contributed by atoms with Crippen molar-refractivity contribution in [3.05, 3.63) is 36.3 Å². The van der Waals surface area contributed by atoms with Gasteiger partial charge in [-0.25, -0.2) is 9.97 Å². The molecular formula is C13H13N3O3. The highest BCUT2D eigenvalue weighted by molar-refractivity contribution is 5.61. The van der Waals surface area contributed by atoms with Crippen LogP contribution in [0.25, 0.3) is 0 Å². The Morgan fingerprint density at radius 1 is 1.16 bits per heavy atom. The van der Waals surface area contributed by atoms with E-state index < -0.39 is 0 Å². The maximum absolute atomic E-state index is 9.00. The van der Waals surface area contributed by atoms with Crippen molar-refractivity contribution >= 4 is 11.5 Å². The second-order valence-electron chi connectivity index (χ2n) is 4.00. The van der Waals surface area contributed by atoms with Crippen molar-refractivity contribution < 1.29 is 14.6 Å². The van der Waals surface area contributed by atoms with Gasteiger partial charge in [0.05, 0.1) is 0 Å². The van der Waals surface area contributed by atoms with Crippen molar-refractivity contribution in [2.75, 3.05) is 18.5 Å². The quantitative estimate of drug-likeness (QED) is 0.869. The molecule has 1 aliphatic heterocycles. The number of aromatic nitrogens is 2. The molecule has 98 valence electrons. The van der Waals surface area contributed by atoms with E-state index in [1.165, 1.54) is 0 Å². The zero-order valence-corrected chi connectivity index (χ0v) is 10.2. The second-order valence-corrected chi connectivity index (χ2v) is 4.00. The largest absolute Gasteiger partial charge is 0.486 e. The summed E-state index contributed by atoms with van der Waals surface area (Å²) in [5.41, 5.74) is 0.840. The van der Waals surface area contributed by atoms with Crippen LogP contribution in [0.1, 0.15) is 5.82 Å². The van der Waals surface area contributed by atoms with E-state index in [-0.39, 0.29) is 6.61 Å². The summed E-state index contributed by atoms with van der Waals surface area (Å²) in [6, 6.07) is 7.32. The Bertz CT molecular complexity index is 589. The molecule has 0 saturated carbocycles. The lowest BCUT2D eigenvalue weighted by molar-refractivity contribution is 0.171. The molecule has 0 spiro atoms. The Hall–Kier alpha value is -2.34. The molecule has 1 aromatic heterocycles. The Balaban J connectivity index is 1.82. The van der Waals surface area contributed by atoms with Crippen LogP contribution < -0.4 is 14.8 Å². The third-order valence-electron chi connectivity index (χ3n) is 2.66. The van der Waals surface area contributed by atoms with Crippen LogP contribution in [0.15, 0.2) is 30.5 Å². The van der Waals surface area contributed by atoms with Crippen molar-refractivity contribution in [1.82, 2.24) is 9.97 Å². The van der Waals surface area contributed by atoms with E-state index in [2.05, 4.69) is 15.3 Å². The fraction of sp³-hybridized carbons (Fsp3) is 0.231. The van der Waals surface area contributed by atoms with Gasteiger partial charge in [-0.1, -0.05) is 0 Å². The Morgan fingerprint density at radius 2 is 2.00 bits per heavy atom. The molecule has 0 saturated heterocycles. The van der Waals surface area contributed by atoms with Crippen molar-refractivity contribution in [1.29, 1.82) is 0 Å². The van der Waals surface area contributed by atoms with E-state index >= 15 is 0 Å². The normalized spacial score (nSPS) is 13.1. The maximum Gasteiger partial charge on any atom is 0.163 e. The fourth-order valence-electron chi connectivity index (χ4n) is 1.81. The van der Waals surface area contributed by atoms with Crippen LogP contribution in [0.3, 0.4) is 0 Å². The average Bonchev–Trinajstić information content (AvgIpc) is 2.47. The lowest BCUT2D eigenvalue weighted by Gasteiger charge is -2.19. The highest BCUT2D eigenvalue weighted by atomic mass is 16.6. The average molecular weight is 259 g/mol. The minimum atomic E-state index is -0.184. The molecule has 0 radical (unpaired) electrons. The van der Waals surface area contributed by atoms with Crippen LogP contribution in [-0.2, 0) is 6.61 Å². The van der Waals surface area contributed by atoms with Crippen molar-refractivity contribution in [2.24, 2.45) is 0 Å². The van der Waals surface area contributed by atoms with Gasteiger partial charge in [0, 0.05) is 18.0 Å². The second kappa shape index (κ2) is 5.11. The molecular weight excluding hydrogens is 246 g/mol. The molecule has 1 aromatic carbocycles. The number of rotatable bonds is 3. The summed E-state index contributed by atoms with van der Waals surface area (Å²) in [4.78, 5) is 8.08. The summed E-state index contributed by atoms with van der Waals surface area (Å²) in [6.45, 7) is 0.945. The molecule has 0 unspecified atom stereocenters. The molecule has 0 bridgehead atoms. The van der Waals surface area contributed by atoms with Gasteiger partial charge in [0.2, 0.25) is 0 Å². The van der Waals surface area contributed by atoms with E-state index in [0.717, 1.165) is 11.4 Å². The first-order valence-electron chi connectivity index (χ1n) is 5.94. The standard InChI is InChI=1S/C13H13N3O3/c17-8-13-14-4-3-12(16-13)15-9-1-2-10-11(7-9)19-6-5-18-10/h1-4,7,17H,5-6,8H2,(H,14,15,16). The number of anilines is 2. The molecule has 2 heterocycles. The molecule has 19 heavy (non-hydrogen) atoms. The molecule has 0 fully saturated rings. The smallest absolute Gasteiger partial charge is 0.163 e. The molecule has 0 aliphatic carbocycles. The lowest BCUT2D eigenvalue weighted by atomic mass is 10.2.